The second-order valence-electron chi connectivity index (χ2n) is 13.6. The van der Waals surface area contributed by atoms with Crippen LogP contribution in [0, 0.1) is 17.8 Å². The predicted octanol–water partition coefficient (Wildman–Crippen LogP) is 2.84. The number of alkyl halides is 1. The number of halogens is 1. The maximum Gasteiger partial charge on any atom is 0.408 e. The number of rotatable bonds is 5. The molecule has 0 spiro atoms. The number of ether oxygens (including phenoxy) is 5. The van der Waals surface area contributed by atoms with Crippen LogP contribution in [0.2, 0.25) is 0 Å². The number of esters is 1. The fourth-order valence-electron chi connectivity index (χ4n) is 7.07. The Morgan fingerprint density at radius 1 is 1.05 bits per heavy atom. The molecule has 0 saturated carbocycles. The summed E-state index contributed by atoms with van der Waals surface area (Å²) < 4.78 is 30.1. The van der Waals surface area contributed by atoms with Crippen LogP contribution in [-0.4, -0.2) is 113 Å². The highest BCUT2D eigenvalue weighted by molar-refractivity contribution is 6.45. The van der Waals surface area contributed by atoms with Crippen molar-refractivity contribution in [3.8, 4) is 0 Å². The van der Waals surface area contributed by atoms with Crippen LogP contribution in [0.4, 0.5) is 4.79 Å². The van der Waals surface area contributed by atoms with Crippen LogP contribution >= 0.6 is 11.6 Å². The van der Waals surface area contributed by atoms with Crippen molar-refractivity contribution in [3.63, 3.8) is 0 Å². The fraction of sp³-hybridized carbons (Fsp3) is 0.871. The van der Waals surface area contributed by atoms with Gasteiger partial charge in [-0.25, -0.2) is 9.59 Å². The molecule has 2 N–H and O–H groups in total. The average Bonchev–Trinajstić information content (AvgIpc) is 3.25. The molecule has 0 aromatic heterocycles. The number of nitrogens with one attached hydrogen (secondary N) is 1. The third-order valence-corrected chi connectivity index (χ3v) is 10.1. The molecule has 44 heavy (non-hydrogen) atoms. The monoisotopic (exact) mass is 646 g/mol. The maximum atomic E-state index is 14.1. The zero-order chi connectivity index (χ0) is 33.5. The molecule has 0 aromatic rings. The van der Waals surface area contributed by atoms with Gasteiger partial charge in [0, 0.05) is 30.4 Å². The van der Waals surface area contributed by atoms with Gasteiger partial charge in [-0.1, -0.05) is 32.4 Å². The molecule has 3 aliphatic heterocycles. The molecule has 0 aromatic carbocycles. The van der Waals surface area contributed by atoms with E-state index in [4.69, 9.17) is 35.3 Å². The van der Waals surface area contributed by atoms with Gasteiger partial charge in [-0.15, -0.1) is 0 Å². The summed E-state index contributed by atoms with van der Waals surface area (Å²) in [6.07, 6.45) is -4.74. The van der Waals surface area contributed by atoms with Crippen LogP contribution in [0.5, 0.6) is 0 Å². The van der Waals surface area contributed by atoms with Gasteiger partial charge in [-0.2, -0.15) is 0 Å². The van der Waals surface area contributed by atoms with Crippen molar-refractivity contribution in [3.05, 3.63) is 0 Å². The Morgan fingerprint density at radius 3 is 2.23 bits per heavy atom. The summed E-state index contributed by atoms with van der Waals surface area (Å²) in [7, 11) is 3.70. The molecule has 13 atom stereocenters. The SMILES string of the molecule is CCO[C@@]1(C)C[C@@H](C)C(=O)[C@@H](C)[C@H]2NC(=O)O[C@]2(C)[C@H](C)OC(=O)[C@@](C)(Cl)C(=O)[C@H](C)[C@H]1O[C@@H]1O[C@H](C)C[C@H](N(C)C)[C@H]1O. The molecule has 0 unspecified atom stereocenters. The molecule has 3 rings (SSSR count). The van der Waals surface area contributed by atoms with E-state index in [0.29, 0.717) is 6.42 Å². The Hall–Kier alpha value is -1.83. The van der Waals surface area contributed by atoms with Gasteiger partial charge in [-0.3, -0.25) is 9.59 Å². The number of hydrogen-bond donors (Lipinski definition) is 2. The Labute approximate surface area is 265 Å². The Balaban J connectivity index is 2.14. The number of ketones is 2. The number of nitrogens with zero attached hydrogens (tertiary/aromatic N) is 1. The van der Waals surface area contributed by atoms with Crippen molar-refractivity contribution in [2.24, 2.45) is 17.8 Å². The summed E-state index contributed by atoms with van der Waals surface area (Å²) in [5, 5.41) is 14.0. The zero-order valence-electron chi connectivity index (χ0n) is 27.8. The van der Waals surface area contributed by atoms with Crippen molar-refractivity contribution in [2.75, 3.05) is 20.7 Å². The summed E-state index contributed by atoms with van der Waals surface area (Å²) >= 11 is 6.71. The molecule has 3 heterocycles. The Bertz CT molecular complexity index is 1100. The van der Waals surface area contributed by atoms with Crippen LogP contribution < -0.4 is 5.32 Å². The van der Waals surface area contributed by atoms with Crippen molar-refractivity contribution < 1.29 is 48.0 Å². The maximum absolute atomic E-state index is 14.1. The van der Waals surface area contributed by atoms with Crippen molar-refractivity contribution in [1.82, 2.24) is 10.2 Å². The lowest BCUT2D eigenvalue weighted by Gasteiger charge is -2.47. The summed E-state index contributed by atoms with van der Waals surface area (Å²) in [5.41, 5.74) is -2.71. The number of likely N-dealkylation sites (N-methyl/N-ethyl adjacent to an activating group) is 1. The van der Waals surface area contributed by atoms with Gasteiger partial charge in [0.1, 0.15) is 18.0 Å². The lowest BCUT2D eigenvalue weighted by molar-refractivity contribution is -0.297. The summed E-state index contributed by atoms with van der Waals surface area (Å²) in [6.45, 7) is 15.0. The minimum Gasteiger partial charge on any atom is -0.457 e. The van der Waals surface area contributed by atoms with Crippen LogP contribution in [0.25, 0.3) is 0 Å². The van der Waals surface area contributed by atoms with E-state index in [1.165, 1.54) is 13.8 Å². The van der Waals surface area contributed by atoms with Gasteiger partial charge >= 0.3 is 12.1 Å². The van der Waals surface area contributed by atoms with E-state index < -0.39 is 82.3 Å². The minimum absolute atomic E-state index is 0.110. The molecule has 252 valence electrons. The highest BCUT2D eigenvalue weighted by atomic mass is 35.5. The number of aliphatic hydroxyl groups is 1. The van der Waals surface area contributed by atoms with E-state index in [-0.39, 0.29) is 31.0 Å². The molecule has 0 radical (unpaired) electrons. The van der Waals surface area contributed by atoms with E-state index in [1.54, 1.807) is 41.5 Å². The van der Waals surface area contributed by atoms with Gasteiger partial charge in [0.25, 0.3) is 0 Å². The van der Waals surface area contributed by atoms with Crippen LogP contribution in [0.15, 0.2) is 0 Å². The van der Waals surface area contributed by atoms with Crippen molar-refractivity contribution in [2.45, 2.75) is 134 Å². The number of alkyl carbamates (subject to hydrolysis) is 1. The lowest BCUT2D eigenvalue weighted by Crippen LogP contribution is -2.61. The van der Waals surface area contributed by atoms with Crippen molar-refractivity contribution in [1.29, 1.82) is 0 Å². The number of carbonyl (C=O) groups excluding carboxylic acids is 4. The van der Waals surface area contributed by atoms with Crippen LogP contribution in [0.3, 0.4) is 0 Å². The van der Waals surface area contributed by atoms with Gasteiger partial charge in [-0.05, 0) is 68.5 Å². The van der Waals surface area contributed by atoms with Crippen LogP contribution in [0.1, 0.15) is 75.2 Å². The minimum atomic E-state index is -2.16. The molecule has 0 aliphatic carbocycles. The third-order valence-electron chi connectivity index (χ3n) is 9.79. The second-order valence-corrected chi connectivity index (χ2v) is 14.3. The van der Waals surface area contributed by atoms with Crippen LogP contribution in [-0.2, 0) is 38.1 Å². The molecule has 1 amide bonds. The molecule has 13 heteroatoms. The highest BCUT2D eigenvalue weighted by Crippen LogP contribution is 2.41. The average molecular weight is 647 g/mol. The first kappa shape index (κ1) is 36.6. The van der Waals surface area contributed by atoms with Gasteiger partial charge in [0.15, 0.2) is 22.5 Å². The van der Waals surface area contributed by atoms with Gasteiger partial charge < -0.3 is 39.0 Å². The first-order valence-electron chi connectivity index (χ1n) is 15.5. The molecule has 3 saturated heterocycles. The molecular weight excluding hydrogens is 596 g/mol. The number of hydrogen-bond acceptors (Lipinski definition) is 11. The molecule has 0 bridgehead atoms. The van der Waals surface area contributed by atoms with E-state index in [0.717, 1.165) is 0 Å². The molecular formula is C31H51ClN2O10. The third kappa shape index (κ3) is 6.95. The van der Waals surface area contributed by atoms with Gasteiger partial charge in [0.05, 0.1) is 23.9 Å². The predicted molar refractivity (Wildman–Crippen MR) is 161 cm³/mol. The smallest absolute Gasteiger partial charge is 0.408 e. The molecule has 3 aliphatic rings. The number of Topliss-reactive ketones (excluding diaryl/α,β-unsaturated/α-hetero) is 2. The standard InChI is InChI=1S/C31H51ClN2O10/c1-12-40-29(7)14-15(2)21(35)17(4)23-31(9,44-28(39)33-23)19(6)42-27(38)30(8,32)24(37)18(5)25(29)43-26-22(36)20(34(10)11)13-16(3)41-26/h15-20,22-23,25-26,36H,12-14H2,1-11H3,(H,33,39)/t15-,16-,17-,18+,19+,20+,22-,23-,25-,26+,29+,30+,31-/m1/s1. The molecule has 12 nitrogen and oxygen atoms in total. The largest absolute Gasteiger partial charge is 0.457 e. The fourth-order valence-corrected chi connectivity index (χ4v) is 7.29. The Morgan fingerprint density at radius 2 is 1.66 bits per heavy atom. The number of amides is 1. The quantitative estimate of drug-likeness (QED) is 0.258. The summed E-state index contributed by atoms with van der Waals surface area (Å²) in [5.74, 6) is -4.40. The number of cyclic esters (lactones) is 1. The first-order valence-corrected chi connectivity index (χ1v) is 15.9. The van der Waals surface area contributed by atoms with E-state index >= 15 is 0 Å². The van der Waals surface area contributed by atoms with E-state index in [2.05, 4.69) is 5.32 Å². The van der Waals surface area contributed by atoms with Crippen molar-refractivity contribution >= 4 is 35.2 Å². The highest BCUT2D eigenvalue weighted by Gasteiger charge is 2.58. The number of fused-ring (bicyclic) bond motifs is 1. The number of aliphatic hydroxyl groups excluding tert-OH is 1. The van der Waals surface area contributed by atoms with Gasteiger partial charge in [0.2, 0.25) is 0 Å². The molecule has 3 fully saturated rings. The summed E-state index contributed by atoms with van der Waals surface area (Å²) in [4.78, 5) is 53.8. The zero-order valence-corrected chi connectivity index (χ0v) is 28.6. The Kier molecular flexibility index (Phi) is 11.2. The lowest BCUT2D eigenvalue weighted by atomic mass is 9.74. The second kappa shape index (κ2) is 13.5. The first-order chi connectivity index (χ1) is 20.2. The normalized spacial score (nSPS) is 46.1. The number of carbonyl (C=O) groups is 4. The summed E-state index contributed by atoms with van der Waals surface area (Å²) in [6, 6.07) is -1.13. The van der Waals surface area contributed by atoms with E-state index in [1.807, 2.05) is 25.9 Å². The topological polar surface area (TPSA) is 150 Å². The van der Waals surface area contributed by atoms with E-state index in [9.17, 15) is 24.3 Å².